The van der Waals surface area contributed by atoms with Gasteiger partial charge < -0.3 is 9.72 Å². The van der Waals surface area contributed by atoms with Crippen LogP contribution in [0.5, 0.6) is 5.75 Å². The lowest BCUT2D eigenvalue weighted by atomic mass is 9.76. The Morgan fingerprint density at radius 1 is 1.17 bits per heavy atom. The van der Waals surface area contributed by atoms with Crippen molar-refractivity contribution in [2.75, 3.05) is 7.11 Å². The first-order valence-electron chi connectivity index (χ1n) is 13.2. The van der Waals surface area contributed by atoms with Gasteiger partial charge in [-0.25, -0.2) is 13.9 Å². The number of H-pyrrole nitrogens is 1. The molecule has 0 amide bonds. The standard InChI is InChI=1S/C29H38FN5O/c1-17(2)23-24-21(34-26(23)20-13-22(36-6)28-32-16-33-35(28)15-20)14-31-27(25(24)30)19-9-7-18(8-10-19)11-12-29(3,4)5/h13-19,34H,7-12H2,1-6H3. The molecule has 1 aliphatic carbocycles. The Balaban J connectivity index is 1.50. The van der Waals surface area contributed by atoms with Crippen molar-refractivity contribution in [2.24, 2.45) is 11.3 Å². The molecule has 0 aromatic carbocycles. The van der Waals surface area contributed by atoms with Gasteiger partial charge in [-0.3, -0.25) is 4.98 Å². The number of halogens is 1. The second-order valence-electron chi connectivity index (χ2n) is 12.0. The molecule has 0 radical (unpaired) electrons. The van der Waals surface area contributed by atoms with Crippen LogP contribution in [0.3, 0.4) is 0 Å². The first kappa shape index (κ1) is 24.7. The molecule has 4 aromatic heterocycles. The van der Waals surface area contributed by atoms with E-state index in [-0.39, 0.29) is 17.7 Å². The molecule has 0 atom stereocenters. The van der Waals surface area contributed by atoms with Crippen LogP contribution in [0, 0.1) is 17.2 Å². The van der Waals surface area contributed by atoms with E-state index in [1.807, 2.05) is 18.5 Å². The Kier molecular flexibility index (Phi) is 6.52. The zero-order valence-corrected chi connectivity index (χ0v) is 22.4. The Morgan fingerprint density at radius 2 is 1.92 bits per heavy atom. The number of ether oxygens (including phenoxy) is 1. The zero-order valence-electron chi connectivity index (χ0n) is 22.4. The Morgan fingerprint density at radius 3 is 2.58 bits per heavy atom. The summed E-state index contributed by atoms with van der Waals surface area (Å²) in [7, 11) is 1.62. The molecule has 4 heterocycles. The van der Waals surface area contributed by atoms with Gasteiger partial charge in [0.05, 0.1) is 30.2 Å². The third-order valence-corrected chi connectivity index (χ3v) is 7.81. The van der Waals surface area contributed by atoms with E-state index < -0.39 is 0 Å². The molecule has 0 saturated heterocycles. The Bertz CT molecular complexity index is 1370. The zero-order chi connectivity index (χ0) is 25.6. The fraction of sp³-hybridized carbons (Fsp3) is 0.552. The van der Waals surface area contributed by atoms with Gasteiger partial charge in [0.15, 0.2) is 17.2 Å². The smallest absolute Gasteiger partial charge is 0.197 e. The van der Waals surface area contributed by atoms with Crippen LogP contribution in [0.1, 0.15) is 96.2 Å². The van der Waals surface area contributed by atoms with Gasteiger partial charge in [-0.05, 0) is 67.4 Å². The highest BCUT2D eigenvalue weighted by Gasteiger charge is 2.29. The average Bonchev–Trinajstić information content (AvgIpc) is 3.47. The van der Waals surface area contributed by atoms with Crippen molar-refractivity contribution in [3.8, 4) is 17.0 Å². The largest absolute Gasteiger partial charge is 0.493 e. The third kappa shape index (κ3) is 4.60. The fourth-order valence-corrected chi connectivity index (χ4v) is 5.82. The van der Waals surface area contributed by atoms with Crippen molar-refractivity contribution in [1.29, 1.82) is 0 Å². The van der Waals surface area contributed by atoms with E-state index in [2.05, 4.69) is 54.7 Å². The van der Waals surface area contributed by atoms with E-state index >= 15 is 4.39 Å². The Hall–Kier alpha value is -2.96. The van der Waals surface area contributed by atoms with Crippen LogP contribution in [0.2, 0.25) is 0 Å². The summed E-state index contributed by atoms with van der Waals surface area (Å²) in [6.07, 6.45) is 12.1. The summed E-state index contributed by atoms with van der Waals surface area (Å²) in [4.78, 5) is 12.4. The van der Waals surface area contributed by atoms with Crippen LogP contribution in [-0.4, -0.2) is 31.7 Å². The number of nitrogens with zero attached hydrogens (tertiary/aromatic N) is 4. The van der Waals surface area contributed by atoms with Crippen LogP contribution in [0.25, 0.3) is 27.8 Å². The van der Waals surface area contributed by atoms with Crippen LogP contribution >= 0.6 is 0 Å². The van der Waals surface area contributed by atoms with Crippen LogP contribution in [0.4, 0.5) is 4.39 Å². The second-order valence-corrected chi connectivity index (χ2v) is 12.0. The molecule has 1 aliphatic rings. The third-order valence-electron chi connectivity index (χ3n) is 7.81. The first-order valence-corrected chi connectivity index (χ1v) is 13.2. The molecule has 5 rings (SSSR count). The highest BCUT2D eigenvalue weighted by Crippen LogP contribution is 2.43. The summed E-state index contributed by atoms with van der Waals surface area (Å²) >= 11 is 0. The first-order chi connectivity index (χ1) is 17.2. The lowest BCUT2D eigenvalue weighted by molar-refractivity contribution is 0.257. The molecule has 1 fully saturated rings. The Labute approximate surface area is 212 Å². The highest BCUT2D eigenvalue weighted by molar-refractivity contribution is 5.92. The SMILES string of the molecule is COc1cc(-c2[nH]c3cnc(C4CCC(CCC(C)(C)C)CC4)c(F)c3c2C(C)C)cn2ncnc12. The quantitative estimate of drug-likeness (QED) is 0.301. The maximum absolute atomic E-state index is 16.2. The summed E-state index contributed by atoms with van der Waals surface area (Å²) in [5, 5.41) is 4.96. The fourth-order valence-electron chi connectivity index (χ4n) is 5.82. The minimum atomic E-state index is -0.161. The van der Waals surface area contributed by atoms with E-state index in [0.29, 0.717) is 27.9 Å². The van der Waals surface area contributed by atoms with Crippen LogP contribution in [0.15, 0.2) is 24.8 Å². The van der Waals surface area contributed by atoms with Crippen molar-refractivity contribution in [3.05, 3.63) is 41.9 Å². The van der Waals surface area contributed by atoms with Gasteiger partial charge in [0.2, 0.25) is 0 Å². The summed E-state index contributed by atoms with van der Waals surface area (Å²) < 4.78 is 23.5. The number of nitrogens with one attached hydrogen (secondary N) is 1. The van der Waals surface area contributed by atoms with Gasteiger partial charge in [0, 0.05) is 23.1 Å². The van der Waals surface area contributed by atoms with E-state index in [0.717, 1.165) is 53.9 Å². The number of fused-ring (bicyclic) bond motifs is 2. The predicted octanol–water partition coefficient (Wildman–Crippen LogP) is 7.64. The van der Waals surface area contributed by atoms with Crippen molar-refractivity contribution in [1.82, 2.24) is 24.6 Å². The number of hydrogen-bond donors (Lipinski definition) is 1. The maximum atomic E-state index is 16.2. The molecular weight excluding hydrogens is 453 g/mol. The predicted molar refractivity (Wildman–Crippen MR) is 142 cm³/mol. The van der Waals surface area contributed by atoms with Crippen molar-refractivity contribution >= 4 is 16.6 Å². The topological polar surface area (TPSA) is 68.1 Å². The number of aromatic nitrogens is 5. The highest BCUT2D eigenvalue weighted by atomic mass is 19.1. The number of hydrogen-bond acceptors (Lipinski definition) is 4. The summed E-state index contributed by atoms with van der Waals surface area (Å²) in [5.74, 6) is 1.51. The monoisotopic (exact) mass is 491 g/mol. The van der Waals surface area contributed by atoms with E-state index in [4.69, 9.17) is 4.74 Å². The summed E-state index contributed by atoms with van der Waals surface area (Å²) in [6, 6.07) is 1.94. The van der Waals surface area contributed by atoms with Crippen LogP contribution < -0.4 is 4.74 Å². The molecule has 192 valence electrons. The molecule has 36 heavy (non-hydrogen) atoms. The molecule has 0 bridgehead atoms. The van der Waals surface area contributed by atoms with E-state index in [1.54, 1.807) is 11.6 Å². The van der Waals surface area contributed by atoms with Gasteiger partial charge in [0.1, 0.15) is 6.33 Å². The number of pyridine rings is 2. The molecule has 0 unspecified atom stereocenters. The lowest BCUT2D eigenvalue weighted by Gasteiger charge is -2.30. The molecule has 4 aromatic rings. The summed E-state index contributed by atoms with van der Waals surface area (Å²) in [6.45, 7) is 11.1. The summed E-state index contributed by atoms with van der Waals surface area (Å²) in [5.41, 5.74) is 5.10. The van der Waals surface area contributed by atoms with Gasteiger partial charge in [-0.2, -0.15) is 5.10 Å². The normalized spacial score (nSPS) is 19.0. The van der Waals surface area contributed by atoms with Gasteiger partial charge >= 0.3 is 0 Å². The average molecular weight is 492 g/mol. The van der Waals surface area contributed by atoms with E-state index in [1.165, 1.54) is 19.2 Å². The van der Waals surface area contributed by atoms with Crippen LogP contribution in [-0.2, 0) is 0 Å². The van der Waals surface area contributed by atoms with Gasteiger partial charge in [0.25, 0.3) is 0 Å². The number of rotatable bonds is 6. The number of methoxy groups -OCH3 is 1. The molecule has 0 aliphatic heterocycles. The van der Waals surface area contributed by atoms with Gasteiger partial charge in [-0.15, -0.1) is 0 Å². The molecule has 7 heteroatoms. The minimum Gasteiger partial charge on any atom is -0.493 e. The molecular formula is C29H38FN5O. The molecule has 1 saturated carbocycles. The second kappa shape index (κ2) is 9.49. The molecule has 0 spiro atoms. The van der Waals surface area contributed by atoms with Crippen molar-refractivity contribution in [3.63, 3.8) is 0 Å². The lowest BCUT2D eigenvalue weighted by Crippen LogP contribution is -2.17. The van der Waals surface area contributed by atoms with Gasteiger partial charge in [-0.1, -0.05) is 34.6 Å². The number of aromatic amines is 1. The molecule has 6 nitrogen and oxygen atoms in total. The molecule has 1 N–H and O–H groups in total. The van der Waals surface area contributed by atoms with Crippen molar-refractivity contribution in [2.45, 2.75) is 85.0 Å². The maximum Gasteiger partial charge on any atom is 0.197 e. The van der Waals surface area contributed by atoms with E-state index in [9.17, 15) is 0 Å². The minimum absolute atomic E-state index is 0.115. The van der Waals surface area contributed by atoms with Crippen molar-refractivity contribution < 1.29 is 9.13 Å².